The fourth-order valence-electron chi connectivity index (χ4n) is 2.21. The van der Waals surface area contributed by atoms with Crippen LogP contribution >= 0.6 is 15.9 Å². The average Bonchev–Trinajstić information content (AvgIpc) is 3.02. The van der Waals surface area contributed by atoms with Gasteiger partial charge < -0.3 is 14.2 Å². The van der Waals surface area contributed by atoms with Crippen LogP contribution in [0.2, 0.25) is 0 Å². The van der Waals surface area contributed by atoms with E-state index in [2.05, 4.69) is 26.5 Å². The molecule has 1 aliphatic rings. The van der Waals surface area contributed by atoms with Gasteiger partial charge in [0.15, 0.2) is 11.5 Å². The van der Waals surface area contributed by atoms with Crippen LogP contribution in [0.3, 0.4) is 0 Å². The van der Waals surface area contributed by atoms with Crippen LogP contribution < -0.4 is 19.6 Å². The maximum atomic E-state index is 12.1. The molecule has 0 saturated heterocycles. The van der Waals surface area contributed by atoms with Gasteiger partial charge >= 0.3 is 0 Å². The van der Waals surface area contributed by atoms with Crippen molar-refractivity contribution in [3.8, 4) is 17.2 Å². The van der Waals surface area contributed by atoms with Crippen LogP contribution in [0.25, 0.3) is 0 Å². The number of hydrazone groups is 1. The number of halogens is 1. The second kappa shape index (κ2) is 7.57. The highest BCUT2D eigenvalue weighted by molar-refractivity contribution is 9.10. The topological polar surface area (TPSA) is 69.2 Å². The number of hydrogen-bond donors (Lipinski definition) is 1. The Morgan fingerprint density at radius 1 is 1.24 bits per heavy atom. The van der Waals surface area contributed by atoms with E-state index in [0.717, 1.165) is 15.8 Å². The summed E-state index contributed by atoms with van der Waals surface area (Å²) in [6.07, 6.45) is 1.63. The molecule has 1 amide bonds. The number of hydrogen-bond acceptors (Lipinski definition) is 5. The van der Waals surface area contributed by atoms with Gasteiger partial charge in [-0.25, -0.2) is 5.43 Å². The molecule has 2 aromatic carbocycles. The smallest absolute Gasteiger partial charge is 0.271 e. The van der Waals surface area contributed by atoms with Crippen molar-refractivity contribution in [1.82, 2.24) is 5.43 Å². The summed E-state index contributed by atoms with van der Waals surface area (Å²) >= 11 is 3.44. The third kappa shape index (κ3) is 4.30. The third-order valence-electron chi connectivity index (χ3n) is 3.35. The van der Waals surface area contributed by atoms with E-state index in [-0.39, 0.29) is 18.8 Å². The Hall–Kier alpha value is -2.54. The van der Waals surface area contributed by atoms with E-state index < -0.39 is 0 Å². The second-order valence-electron chi connectivity index (χ2n) is 5.62. The van der Waals surface area contributed by atoms with Crippen molar-refractivity contribution in [1.29, 1.82) is 0 Å². The first-order chi connectivity index (χ1) is 12.0. The quantitative estimate of drug-likeness (QED) is 0.608. The zero-order valence-corrected chi connectivity index (χ0v) is 15.4. The predicted molar refractivity (Wildman–Crippen MR) is 97.5 cm³/mol. The van der Waals surface area contributed by atoms with Gasteiger partial charge in [-0.3, -0.25) is 4.79 Å². The van der Waals surface area contributed by atoms with E-state index in [4.69, 9.17) is 14.2 Å². The fraction of sp³-hybridized carbons (Fsp3) is 0.222. The Morgan fingerprint density at radius 2 is 1.92 bits per heavy atom. The van der Waals surface area contributed by atoms with Crippen molar-refractivity contribution in [3.63, 3.8) is 0 Å². The molecule has 0 atom stereocenters. The Morgan fingerprint density at radius 3 is 2.60 bits per heavy atom. The first kappa shape index (κ1) is 17.3. The van der Waals surface area contributed by atoms with Crippen LogP contribution in [0, 0.1) is 0 Å². The molecule has 3 rings (SSSR count). The van der Waals surface area contributed by atoms with Crippen LogP contribution in [0.5, 0.6) is 17.2 Å². The lowest BCUT2D eigenvalue weighted by Gasteiger charge is -2.09. The van der Waals surface area contributed by atoms with Gasteiger partial charge in [0.25, 0.3) is 5.91 Å². The lowest BCUT2D eigenvalue weighted by molar-refractivity contribution is 0.0955. The molecule has 2 aromatic rings. The van der Waals surface area contributed by atoms with Crippen molar-refractivity contribution in [2.45, 2.75) is 20.0 Å². The fourth-order valence-corrected chi connectivity index (χ4v) is 2.64. The number of ether oxygens (including phenoxy) is 3. The number of benzene rings is 2. The monoisotopic (exact) mass is 404 g/mol. The molecule has 0 radical (unpaired) electrons. The summed E-state index contributed by atoms with van der Waals surface area (Å²) in [6.45, 7) is 4.10. The van der Waals surface area contributed by atoms with Crippen molar-refractivity contribution in [3.05, 3.63) is 52.0 Å². The maximum Gasteiger partial charge on any atom is 0.271 e. The minimum absolute atomic E-state index is 0.0874. The third-order valence-corrected chi connectivity index (χ3v) is 4.04. The Kier molecular flexibility index (Phi) is 5.23. The van der Waals surface area contributed by atoms with Crippen LogP contribution in [-0.2, 0) is 0 Å². The molecule has 6 nitrogen and oxygen atoms in total. The minimum atomic E-state index is -0.302. The maximum absolute atomic E-state index is 12.1. The van der Waals surface area contributed by atoms with Gasteiger partial charge in [-0.15, -0.1) is 0 Å². The van der Waals surface area contributed by atoms with Gasteiger partial charge in [0.1, 0.15) is 5.75 Å². The minimum Gasteiger partial charge on any atom is -0.491 e. The van der Waals surface area contributed by atoms with Crippen LogP contribution in [0.15, 0.2) is 46.0 Å². The molecule has 1 aliphatic heterocycles. The molecular formula is C18H17BrN2O4. The number of carbonyl (C=O) groups is 1. The number of nitrogens with one attached hydrogen (secondary N) is 1. The lowest BCUT2D eigenvalue weighted by Crippen LogP contribution is -2.17. The van der Waals surface area contributed by atoms with E-state index >= 15 is 0 Å². The van der Waals surface area contributed by atoms with Crippen molar-refractivity contribution in [2.75, 3.05) is 6.79 Å². The molecule has 0 aliphatic carbocycles. The summed E-state index contributed by atoms with van der Waals surface area (Å²) in [7, 11) is 0. The zero-order chi connectivity index (χ0) is 17.8. The molecule has 0 aromatic heterocycles. The molecule has 0 spiro atoms. The highest BCUT2D eigenvalue weighted by Gasteiger charge is 2.15. The number of amides is 1. The summed E-state index contributed by atoms with van der Waals surface area (Å²) in [6, 6.07) is 10.5. The van der Waals surface area contributed by atoms with Crippen LogP contribution in [-0.4, -0.2) is 25.0 Å². The Balaban J connectivity index is 1.63. The zero-order valence-electron chi connectivity index (χ0n) is 13.8. The summed E-state index contributed by atoms with van der Waals surface area (Å²) < 4.78 is 17.0. The van der Waals surface area contributed by atoms with Gasteiger partial charge in [-0.1, -0.05) is 0 Å². The van der Waals surface area contributed by atoms with Gasteiger partial charge in [-0.05, 0) is 66.2 Å². The van der Waals surface area contributed by atoms with Crippen molar-refractivity contribution in [2.24, 2.45) is 5.10 Å². The molecule has 1 heterocycles. The summed E-state index contributed by atoms with van der Waals surface area (Å²) in [5, 5.41) is 3.99. The molecule has 130 valence electrons. The number of nitrogens with zero attached hydrogens (tertiary/aromatic N) is 1. The highest BCUT2D eigenvalue weighted by Crippen LogP contribution is 2.36. The van der Waals surface area contributed by atoms with Crippen LogP contribution in [0.1, 0.15) is 29.8 Å². The molecule has 7 heteroatoms. The molecule has 0 saturated carbocycles. The summed E-state index contributed by atoms with van der Waals surface area (Å²) in [5.41, 5.74) is 3.77. The predicted octanol–water partition coefficient (Wildman–Crippen LogP) is 3.73. The van der Waals surface area contributed by atoms with Crippen LogP contribution in [0.4, 0.5) is 0 Å². The van der Waals surface area contributed by atoms with Gasteiger partial charge in [0, 0.05) is 15.6 Å². The molecule has 1 N–H and O–H groups in total. The van der Waals surface area contributed by atoms with E-state index in [1.54, 1.807) is 42.6 Å². The lowest BCUT2D eigenvalue weighted by atomic mass is 10.2. The normalized spacial score (nSPS) is 12.6. The number of fused-ring (bicyclic) bond motifs is 1. The first-order valence-corrected chi connectivity index (χ1v) is 8.51. The molecule has 0 fully saturated rings. The Bertz CT molecular complexity index is 803. The average molecular weight is 405 g/mol. The van der Waals surface area contributed by atoms with E-state index in [9.17, 15) is 4.79 Å². The number of carbonyl (C=O) groups excluding carboxylic acids is 1. The standard InChI is InChI=1S/C18H17BrN2O4/c1-11(2)25-14-5-3-12(4-6-14)18(22)21-20-9-13-7-16-17(8-15(13)19)24-10-23-16/h3-9,11H,10H2,1-2H3,(H,21,22)/b20-9-. The van der Waals surface area contributed by atoms with Gasteiger partial charge in [0.2, 0.25) is 6.79 Å². The van der Waals surface area contributed by atoms with E-state index in [1.807, 2.05) is 13.8 Å². The Labute approximate surface area is 153 Å². The van der Waals surface area contributed by atoms with Crippen molar-refractivity contribution < 1.29 is 19.0 Å². The van der Waals surface area contributed by atoms with Gasteiger partial charge in [-0.2, -0.15) is 5.10 Å². The largest absolute Gasteiger partial charge is 0.491 e. The SMILES string of the molecule is CC(C)Oc1ccc(C(=O)N/N=C\c2cc3c(cc2Br)OCO3)cc1. The highest BCUT2D eigenvalue weighted by atomic mass is 79.9. The number of rotatable bonds is 5. The first-order valence-electron chi connectivity index (χ1n) is 7.72. The summed E-state index contributed by atoms with van der Waals surface area (Å²) in [5.74, 6) is 1.75. The molecule has 0 bridgehead atoms. The van der Waals surface area contributed by atoms with Gasteiger partial charge in [0.05, 0.1) is 12.3 Å². The second-order valence-corrected chi connectivity index (χ2v) is 6.47. The van der Waals surface area contributed by atoms with E-state index in [0.29, 0.717) is 17.1 Å². The van der Waals surface area contributed by atoms with Crippen molar-refractivity contribution >= 4 is 28.1 Å². The molecular weight excluding hydrogens is 388 g/mol. The van der Waals surface area contributed by atoms with E-state index in [1.165, 1.54) is 0 Å². The molecule has 25 heavy (non-hydrogen) atoms. The molecule has 0 unspecified atom stereocenters. The summed E-state index contributed by atoms with van der Waals surface area (Å²) in [4.78, 5) is 12.1.